The Morgan fingerprint density at radius 2 is 2.10 bits per heavy atom. The molecule has 0 amide bonds. The number of hydrogen-bond acceptors (Lipinski definition) is 3. The maximum atomic E-state index is 12.9. The molecule has 5 heteroatoms. The molecule has 0 saturated heterocycles. The first-order valence-corrected chi connectivity index (χ1v) is 6.87. The minimum absolute atomic E-state index is 0.254. The summed E-state index contributed by atoms with van der Waals surface area (Å²) in [5, 5.41) is 19.8. The summed E-state index contributed by atoms with van der Waals surface area (Å²) in [5.41, 5.74) is 2.78. The molecular weight excluding hydrogens is 257 g/mol. The van der Waals surface area contributed by atoms with Crippen LogP contribution >= 0.6 is 0 Å². The predicted molar refractivity (Wildman–Crippen MR) is 76.6 cm³/mol. The molecule has 0 radical (unpaired) electrons. The summed E-state index contributed by atoms with van der Waals surface area (Å²) in [4.78, 5) is 0. The topological polar surface area (TPSA) is 60.9 Å². The lowest BCUT2D eigenvalue weighted by Gasteiger charge is -2.10. The first-order chi connectivity index (χ1) is 9.70. The molecule has 0 aliphatic rings. The fourth-order valence-corrected chi connectivity index (χ4v) is 2.12. The lowest BCUT2D eigenvalue weighted by Crippen LogP contribution is -2.26. The zero-order valence-electron chi connectivity index (χ0n) is 11.6. The molecule has 2 rings (SSSR count). The summed E-state index contributed by atoms with van der Waals surface area (Å²) in [7, 11) is 0. The van der Waals surface area contributed by atoms with Gasteiger partial charge in [-0.25, -0.2) is 4.39 Å². The van der Waals surface area contributed by atoms with Gasteiger partial charge in [-0.1, -0.05) is 13.3 Å². The van der Waals surface area contributed by atoms with Crippen molar-refractivity contribution in [2.24, 2.45) is 0 Å². The van der Waals surface area contributed by atoms with Crippen LogP contribution in [0.4, 0.5) is 4.39 Å². The molecule has 0 saturated carbocycles. The summed E-state index contributed by atoms with van der Waals surface area (Å²) in [5.74, 6) is -0.254. The van der Waals surface area contributed by atoms with Crippen LogP contribution in [0.1, 0.15) is 25.3 Å². The van der Waals surface area contributed by atoms with Crippen molar-refractivity contribution in [3.05, 3.63) is 41.8 Å². The van der Waals surface area contributed by atoms with Gasteiger partial charge in [0.05, 0.1) is 18.0 Å². The zero-order chi connectivity index (χ0) is 14.4. The number of aliphatic hydroxyl groups excluding tert-OH is 1. The highest BCUT2D eigenvalue weighted by atomic mass is 19.1. The second-order valence-electron chi connectivity index (χ2n) is 4.85. The zero-order valence-corrected chi connectivity index (χ0v) is 11.6. The molecule has 1 unspecified atom stereocenters. The van der Waals surface area contributed by atoms with Crippen LogP contribution in [0.2, 0.25) is 0 Å². The average molecular weight is 277 g/mol. The number of halogens is 1. The fraction of sp³-hybridized carbons (Fsp3) is 0.400. The molecule has 0 fully saturated rings. The van der Waals surface area contributed by atoms with Gasteiger partial charge in [0.1, 0.15) is 5.82 Å². The number of aromatic amines is 1. The number of hydrogen-bond donors (Lipinski definition) is 3. The SMILES string of the molecule is CCCC(O)CNCc1cn[nH]c1-c1ccc(F)cc1. The second-order valence-corrected chi connectivity index (χ2v) is 4.85. The maximum absolute atomic E-state index is 12.9. The Balaban J connectivity index is 1.97. The molecule has 108 valence electrons. The number of aromatic nitrogens is 2. The van der Waals surface area contributed by atoms with E-state index in [0.29, 0.717) is 13.1 Å². The number of aliphatic hydroxyl groups is 1. The fourth-order valence-electron chi connectivity index (χ4n) is 2.12. The third-order valence-electron chi connectivity index (χ3n) is 3.17. The van der Waals surface area contributed by atoms with Crippen LogP contribution in [0.3, 0.4) is 0 Å². The van der Waals surface area contributed by atoms with Gasteiger partial charge in [-0.3, -0.25) is 5.10 Å². The molecule has 20 heavy (non-hydrogen) atoms. The van der Waals surface area contributed by atoms with Crippen LogP contribution in [0.15, 0.2) is 30.5 Å². The van der Waals surface area contributed by atoms with Crippen molar-refractivity contribution < 1.29 is 9.50 Å². The Labute approximate surface area is 118 Å². The third kappa shape index (κ3) is 3.88. The number of nitrogens with one attached hydrogen (secondary N) is 2. The van der Waals surface area contributed by atoms with Crippen molar-refractivity contribution in [2.45, 2.75) is 32.4 Å². The van der Waals surface area contributed by atoms with Crippen molar-refractivity contribution in [2.75, 3.05) is 6.54 Å². The Morgan fingerprint density at radius 3 is 2.80 bits per heavy atom. The van der Waals surface area contributed by atoms with Crippen molar-refractivity contribution in [1.82, 2.24) is 15.5 Å². The van der Waals surface area contributed by atoms with Gasteiger partial charge in [0, 0.05) is 24.2 Å². The molecule has 1 heterocycles. The van der Waals surface area contributed by atoms with Crippen LogP contribution in [-0.4, -0.2) is 28.0 Å². The van der Waals surface area contributed by atoms with E-state index in [4.69, 9.17) is 0 Å². The molecule has 4 nitrogen and oxygen atoms in total. The first kappa shape index (κ1) is 14.7. The van der Waals surface area contributed by atoms with Gasteiger partial charge in [-0.15, -0.1) is 0 Å². The van der Waals surface area contributed by atoms with Crippen LogP contribution < -0.4 is 5.32 Å². The molecule has 0 spiro atoms. The van der Waals surface area contributed by atoms with E-state index in [1.165, 1.54) is 12.1 Å². The normalized spacial score (nSPS) is 12.6. The van der Waals surface area contributed by atoms with E-state index < -0.39 is 0 Å². The van der Waals surface area contributed by atoms with E-state index in [9.17, 15) is 9.50 Å². The van der Waals surface area contributed by atoms with Crippen LogP contribution in [-0.2, 0) is 6.54 Å². The molecule has 1 aromatic carbocycles. The maximum Gasteiger partial charge on any atom is 0.123 e. The highest BCUT2D eigenvalue weighted by molar-refractivity contribution is 5.62. The standard InChI is InChI=1S/C15H20FN3O/c1-2-3-14(20)10-17-8-12-9-18-19-15(12)11-4-6-13(16)7-5-11/h4-7,9,14,17,20H,2-3,8,10H2,1H3,(H,18,19). The largest absolute Gasteiger partial charge is 0.392 e. The Hall–Kier alpha value is -1.72. The molecular formula is C15H20FN3O. The summed E-state index contributed by atoms with van der Waals surface area (Å²) in [6.45, 7) is 3.22. The molecule has 0 aliphatic heterocycles. The minimum Gasteiger partial charge on any atom is -0.392 e. The number of nitrogens with zero attached hydrogens (tertiary/aromatic N) is 1. The Kier molecular flexibility index (Phi) is 5.26. The van der Waals surface area contributed by atoms with Gasteiger partial charge in [0.25, 0.3) is 0 Å². The number of benzene rings is 1. The minimum atomic E-state index is -0.318. The Bertz CT molecular complexity index is 524. The number of H-pyrrole nitrogens is 1. The van der Waals surface area contributed by atoms with E-state index in [-0.39, 0.29) is 11.9 Å². The monoisotopic (exact) mass is 277 g/mol. The van der Waals surface area contributed by atoms with Crippen molar-refractivity contribution in [1.29, 1.82) is 0 Å². The highest BCUT2D eigenvalue weighted by Crippen LogP contribution is 2.21. The van der Waals surface area contributed by atoms with Gasteiger partial charge in [0.2, 0.25) is 0 Å². The first-order valence-electron chi connectivity index (χ1n) is 6.87. The summed E-state index contributed by atoms with van der Waals surface area (Å²) in [6.07, 6.45) is 3.19. The summed E-state index contributed by atoms with van der Waals surface area (Å²) < 4.78 is 12.9. The van der Waals surface area contributed by atoms with Crippen molar-refractivity contribution >= 4 is 0 Å². The number of rotatable bonds is 7. The second kappa shape index (κ2) is 7.17. The predicted octanol–water partition coefficient (Wildman–Crippen LogP) is 2.47. The lowest BCUT2D eigenvalue weighted by molar-refractivity contribution is 0.160. The molecule has 3 N–H and O–H groups in total. The Morgan fingerprint density at radius 1 is 1.35 bits per heavy atom. The van der Waals surface area contributed by atoms with E-state index in [1.54, 1.807) is 18.3 Å². The molecule has 1 aromatic heterocycles. The van der Waals surface area contributed by atoms with Crippen LogP contribution in [0, 0.1) is 5.82 Å². The molecule has 0 bridgehead atoms. The van der Waals surface area contributed by atoms with Gasteiger partial charge < -0.3 is 10.4 Å². The molecule has 0 aliphatic carbocycles. The van der Waals surface area contributed by atoms with Crippen molar-refractivity contribution in [3.8, 4) is 11.3 Å². The smallest absolute Gasteiger partial charge is 0.123 e. The summed E-state index contributed by atoms with van der Waals surface area (Å²) >= 11 is 0. The van der Waals surface area contributed by atoms with Gasteiger partial charge in [0.15, 0.2) is 0 Å². The van der Waals surface area contributed by atoms with Crippen LogP contribution in [0.5, 0.6) is 0 Å². The van der Waals surface area contributed by atoms with Gasteiger partial charge >= 0.3 is 0 Å². The van der Waals surface area contributed by atoms with E-state index in [1.807, 2.05) is 6.92 Å². The van der Waals surface area contributed by atoms with Crippen LogP contribution in [0.25, 0.3) is 11.3 Å². The molecule has 1 atom stereocenters. The van der Waals surface area contributed by atoms with E-state index in [0.717, 1.165) is 29.7 Å². The lowest BCUT2D eigenvalue weighted by atomic mass is 10.1. The highest BCUT2D eigenvalue weighted by Gasteiger charge is 2.08. The summed E-state index contributed by atoms with van der Waals surface area (Å²) in [6, 6.07) is 6.30. The van der Waals surface area contributed by atoms with E-state index in [2.05, 4.69) is 15.5 Å². The van der Waals surface area contributed by atoms with Gasteiger partial charge in [-0.2, -0.15) is 5.10 Å². The average Bonchev–Trinajstić information content (AvgIpc) is 2.88. The third-order valence-corrected chi connectivity index (χ3v) is 3.17. The van der Waals surface area contributed by atoms with E-state index >= 15 is 0 Å². The van der Waals surface area contributed by atoms with Gasteiger partial charge in [-0.05, 0) is 30.7 Å². The van der Waals surface area contributed by atoms with Crippen molar-refractivity contribution in [3.63, 3.8) is 0 Å². The quantitative estimate of drug-likeness (QED) is 0.728. The molecule has 2 aromatic rings.